The maximum Gasteiger partial charge on any atom is 0.125 e. The van der Waals surface area contributed by atoms with E-state index in [2.05, 4.69) is 51.9 Å². The van der Waals surface area contributed by atoms with E-state index in [1.54, 1.807) is 7.11 Å². The molecule has 0 bridgehead atoms. The number of nitrogens with zero attached hydrogens (tertiary/aromatic N) is 2. The van der Waals surface area contributed by atoms with Crippen molar-refractivity contribution in [3.8, 4) is 5.75 Å². The molecule has 32 heavy (non-hydrogen) atoms. The summed E-state index contributed by atoms with van der Waals surface area (Å²) in [5, 5.41) is 0. The van der Waals surface area contributed by atoms with Gasteiger partial charge in [-0.25, -0.2) is 0 Å². The minimum Gasteiger partial charge on any atom is -0.494 e. The quantitative estimate of drug-likeness (QED) is 0.367. The van der Waals surface area contributed by atoms with Crippen LogP contribution in [0.5, 0.6) is 5.75 Å². The molecule has 0 radical (unpaired) electrons. The number of piperidine rings is 1. The highest BCUT2D eigenvalue weighted by Crippen LogP contribution is 2.24. The summed E-state index contributed by atoms with van der Waals surface area (Å²) >= 11 is 3.48. The van der Waals surface area contributed by atoms with Gasteiger partial charge in [0.15, 0.2) is 0 Å². The normalized spacial score (nSPS) is 20.2. The molecule has 178 valence electrons. The Bertz CT molecular complexity index is 759. The molecule has 0 aromatic heterocycles. The Morgan fingerprint density at radius 3 is 2.69 bits per heavy atom. The summed E-state index contributed by atoms with van der Waals surface area (Å²) in [7, 11) is 3.94. The average Bonchev–Trinajstić information content (AvgIpc) is 2.79. The van der Waals surface area contributed by atoms with E-state index in [4.69, 9.17) is 14.2 Å². The van der Waals surface area contributed by atoms with Gasteiger partial charge in [-0.15, -0.1) is 0 Å². The number of likely N-dealkylation sites (N-methyl/N-ethyl adjacent to an activating group) is 1. The molecule has 3 rings (SSSR count). The van der Waals surface area contributed by atoms with Crippen LogP contribution in [0.15, 0.2) is 52.2 Å². The van der Waals surface area contributed by atoms with Crippen LogP contribution in [0.4, 0.5) is 0 Å². The number of hydrogen-bond acceptors (Lipinski definition) is 5. The number of hydrogen-bond donors (Lipinski definition) is 0. The molecule has 0 amide bonds. The zero-order valence-corrected chi connectivity index (χ0v) is 21.5. The van der Waals surface area contributed by atoms with E-state index < -0.39 is 0 Å². The molecule has 1 atom stereocenters. The van der Waals surface area contributed by atoms with Gasteiger partial charge in [-0.1, -0.05) is 40.6 Å². The summed E-state index contributed by atoms with van der Waals surface area (Å²) < 4.78 is 18.7. The molecule has 1 fully saturated rings. The van der Waals surface area contributed by atoms with Crippen LogP contribution in [0.1, 0.15) is 32.6 Å². The first kappa shape index (κ1) is 25.3. The first-order valence-corrected chi connectivity index (χ1v) is 12.7. The van der Waals surface area contributed by atoms with Gasteiger partial charge in [0.25, 0.3) is 0 Å². The molecular formula is C26H39BrN2O3. The molecule has 1 aromatic carbocycles. The van der Waals surface area contributed by atoms with E-state index in [1.807, 2.05) is 24.3 Å². The standard InChI is InChI=1S/C26H39BrN2O3/c1-21-10-13-29(14-11-21)15-17-32-25-9-8-22(18-26(25)30-3)20-28(2)12-5-16-31-24-7-4-6-23(27)19-24/h4,6-9,19,21,26H,5,10-18,20H2,1-3H3. The molecule has 1 aliphatic carbocycles. The average molecular weight is 508 g/mol. The lowest BCUT2D eigenvalue weighted by molar-refractivity contribution is 0.0499. The van der Waals surface area contributed by atoms with Crippen LogP contribution in [0.3, 0.4) is 0 Å². The van der Waals surface area contributed by atoms with Crippen LogP contribution in [-0.4, -0.2) is 76.0 Å². The van der Waals surface area contributed by atoms with Crippen molar-refractivity contribution in [1.82, 2.24) is 9.80 Å². The van der Waals surface area contributed by atoms with Gasteiger partial charge in [0.05, 0.1) is 6.61 Å². The fourth-order valence-corrected chi connectivity index (χ4v) is 4.64. The second kappa shape index (κ2) is 13.4. The molecule has 1 aliphatic heterocycles. The van der Waals surface area contributed by atoms with Crippen LogP contribution >= 0.6 is 15.9 Å². The van der Waals surface area contributed by atoms with Crippen molar-refractivity contribution in [1.29, 1.82) is 0 Å². The smallest absolute Gasteiger partial charge is 0.125 e. The summed E-state index contributed by atoms with van der Waals surface area (Å²) in [6.45, 7) is 9.13. The van der Waals surface area contributed by atoms with Crippen LogP contribution in [-0.2, 0) is 9.47 Å². The molecule has 1 aromatic rings. The molecule has 0 N–H and O–H groups in total. The van der Waals surface area contributed by atoms with Crippen molar-refractivity contribution in [2.75, 3.05) is 60.1 Å². The highest BCUT2D eigenvalue weighted by atomic mass is 79.9. The number of allylic oxidation sites excluding steroid dienone is 2. The second-order valence-corrected chi connectivity index (χ2v) is 10.0. The molecular weight excluding hydrogens is 468 g/mol. The van der Waals surface area contributed by atoms with E-state index >= 15 is 0 Å². The van der Waals surface area contributed by atoms with E-state index in [0.29, 0.717) is 6.61 Å². The Labute approximate surface area is 202 Å². The van der Waals surface area contributed by atoms with Gasteiger partial charge in [-0.3, -0.25) is 4.90 Å². The SMILES string of the molecule is COC1CC(CN(C)CCCOc2cccc(Br)c2)=CC=C1OCCN1CCC(C)CC1. The minimum atomic E-state index is 0.0182. The maximum atomic E-state index is 6.12. The zero-order valence-electron chi connectivity index (χ0n) is 19.9. The van der Waals surface area contributed by atoms with E-state index in [9.17, 15) is 0 Å². The lowest BCUT2D eigenvalue weighted by Crippen LogP contribution is -2.35. The van der Waals surface area contributed by atoms with E-state index in [0.717, 1.165) is 61.0 Å². The number of methoxy groups -OCH3 is 1. The molecule has 0 saturated carbocycles. The Hall–Kier alpha value is -1.34. The molecule has 1 heterocycles. The Balaban J connectivity index is 1.36. The first-order chi connectivity index (χ1) is 15.5. The molecule has 1 unspecified atom stereocenters. The van der Waals surface area contributed by atoms with Crippen molar-refractivity contribution in [3.63, 3.8) is 0 Å². The number of benzene rings is 1. The van der Waals surface area contributed by atoms with Crippen LogP contribution in [0, 0.1) is 5.92 Å². The Kier molecular flexibility index (Phi) is 10.6. The molecule has 5 nitrogen and oxygen atoms in total. The maximum absolute atomic E-state index is 6.12. The summed E-state index contributed by atoms with van der Waals surface area (Å²) in [6.07, 6.45) is 8.83. The summed E-state index contributed by atoms with van der Waals surface area (Å²) in [5.41, 5.74) is 1.38. The number of likely N-dealkylation sites (tertiary alicyclic amines) is 1. The molecule has 0 spiro atoms. The predicted octanol–water partition coefficient (Wildman–Crippen LogP) is 5.13. The van der Waals surface area contributed by atoms with Crippen molar-refractivity contribution < 1.29 is 14.2 Å². The second-order valence-electron chi connectivity index (χ2n) is 9.09. The fourth-order valence-electron chi connectivity index (χ4n) is 4.26. The van der Waals surface area contributed by atoms with Crippen LogP contribution in [0.25, 0.3) is 0 Å². The largest absolute Gasteiger partial charge is 0.494 e. The number of halogens is 1. The third-order valence-electron chi connectivity index (χ3n) is 6.31. The van der Waals surface area contributed by atoms with Crippen molar-refractivity contribution in [2.45, 2.75) is 38.7 Å². The Morgan fingerprint density at radius 2 is 1.94 bits per heavy atom. The topological polar surface area (TPSA) is 34.2 Å². The third kappa shape index (κ3) is 8.54. The lowest BCUT2D eigenvalue weighted by atomic mass is 9.99. The predicted molar refractivity (Wildman–Crippen MR) is 134 cm³/mol. The van der Waals surface area contributed by atoms with Gasteiger partial charge in [0.2, 0.25) is 0 Å². The fraction of sp³-hybridized carbons (Fsp3) is 0.615. The third-order valence-corrected chi connectivity index (χ3v) is 6.80. The van der Waals surface area contributed by atoms with E-state index in [1.165, 1.54) is 31.5 Å². The molecule has 6 heteroatoms. The van der Waals surface area contributed by atoms with Gasteiger partial charge >= 0.3 is 0 Å². The van der Waals surface area contributed by atoms with Gasteiger partial charge in [0, 0.05) is 37.6 Å². The van der Waals surface area contributed by atoms with Crippen molar-refractivity contribution in [2.24, 2.45) is 5.92 Å². The summed E-state index contributed by atoms with van der Waals surface area (Å²) in [5.74, 6) is 2.74. The van der Waals surface area contributed by atoms with Crippen molar-refractivity contribution in [3.05, 3.63) is 52.2 Å². The molecule has 2 aliphatic rings. The van der Waals surface area contributed by atoms with Crippen LogP contribution < -0.4 is 4.74 Å². The Morgan fingerprint density at radius 1 is 1.12 bits per heavy atom. The van der Waals surface area contributed by atoms with Crippen LogP contribution in [0.2, 0.25) is 0 Å². The zero-order chi connectivity index (χ0) is 22.8. The van der Waals surface area contributed by atoms with Gasteiger partial charge in [0.1, 0.15) is 24.2 Å². The van der Waals surface area contributed by atoms with Gasteiger partial charge < -0.3 is 19.1 Å². The van der Waals surface area contributed by atoms with Gasteiger partial charge in [-0.05, 0) is 69.6 Å². The number of rotatable bonds is 12. The summed E-state index contributed by atoms with van der Waals surface area (Å²) in [4.78, 5) is 4.86. The number of ether oxygens (including phenoxy) is 3. The first-order valence-electron chi connectivity index (χ1n) is 11.9. The van der Waals surface area contributed by atoms with Gasteiger partial charge in [-0.2, -0.15) is 0 Å². The lowest BCUT2D eigenvalue weighted by Gasteiger charge is -2.31. The minimum absolute atomic E-state index is 0.0182. The molecule has 1 saturated heterocycles. The van der Waals surface area contributed by atoms with Crippen molar-refractivity contribution >= 4 is 15.9 Å². The highest BCUT2D eigenvalue weighted by molar-refractivity contribution is 9.10. The highest BCUT2D eigenvalue weighted by Gasteiger charge is 2.22. The summed E-state index contributed by atoms with van der Waals surface area (Å²) in [6, 6.07) is 7.99. The monoisotopic (exact) mass is 506 g/mol. The van der Waals surface area contributed by atoms with E-state index in [-0.39, 0.29) is 6.10 Å².